The maximum absolute atomic E-state index is 13.0. The maximum atomic E-state index is 13.0. The Hall–Kier alpha value is -4.92. The number of carbonyl (C=O) groups is 4. The minimum atomic E-state index is -0.707. The predicted octanol–water partition coefficient (Wildman–Crippen LogP) is 5.31. The summed E-state index contributed by atoms with van der Waals surface area (Å²) in [7, 11) is 0. The summed E-state index contributed by atoms with van der Waals surface area (Å²) in [6.45, 7) is 5.47. The summed E-state index contributed by atoms with van der Waals surface area (Å²) < 4.78 is 0. The van der Waals surface area contributed by atoms with Crippen LogP contribution < -0.4 is 20.8 Å². The van der Waals surface area contributed by atoms with Gasteiger partial charge in [-0.1, -0.05) is 147 Å². The summed E-state index contributed by atoms with van der Waals surface area (Å²) in [6, 6.07) is 30.5. The van der Waals surface area contributed by atoms with Gasteiger partial charge in [-0.3, -0.25) is 19.2 Å². The van der Waals surface area contributed by atoms with Gasteiger partial charge < -0.3 is 20.8 Å². The molecule has 0 bridgehead atoms. The van der Waals surface area contributed by atoms with E-state index in [0.29, 0.717) is 24.2 Å². The van der Waals surface area contributed by atoms with Gasteiger partial charge >= 0.3 is 17.1 Å². The van der Waals surface area contributed by atoms with Crippen LogP contribution in [-0.2, 0) is 26.7 Å². The third-order valence-corrected chi connectivity index (χ3v) is 8.82. The molecule has 0 aliphatic heterocycles. The Labute approximate surface area is 309 Å². The summed E-state index contributed by atoms with van der Waals surface area (Å²) in [6.07, 6.45) is 3.83. The Kier molecular flexibility index (Phi) is 14.0. The summed E-state index contributed by atoms with van der Waals surface area (Å²) in [5.41, 5.74) is 2.66. The summed E-state index contributed by atoms with van der Waals surface area (Å²) in [4.78, 5) is 50.4. The van der Waals surface area contributed by atoms with Crippen LogP contribution in [-0.4, -0.2) is 36.2 Å². The molecule has 6 rings (SSSR count). The third-order valence-electron chi connectivity index (χ3n) is 8.82. The number of carbonyl (C=O) groups excluding carboxylic acids is 4. The molecule has 8 nitrogen and oxygen atoms in total. The van der Waals surface area contributed by atoms with Crippen LogP contribution in [0.15, 0.2) is 120 Å². The van der Waals surface area contributed by atoms with E-state index in [9.17, 15) is 29.4 Å². The molecule has 0 fully saturated rings. The molecule has 1 radical (unpaired) electrons. The molecule has 2 aliphatic rings. The van der Waals surface area contributed by atoms with Crippen molar-refractivity contribution in [3.05, 3.63) is 154 Å². The van der Waals surface area contributed by atoms with Crippen molar-refractivity contribution in [1.29, 1.82) is 0 Å². The fraction of sp³-hybridized carbons (Fsp3) is 0.238. The van der Waals surface area contributed by atoms with Gasteiger partial charge in [0.15, 0.2) is 0 Å². The van der Waals surface area contributed by atoms with E-state index in [4.69, 9.17) is 0 Å². The smallest absolute Gasteiger partial charge is 0.872 e. The number of rotatable bonds is 12. The number of hydrogen-bond donors (Lipinski definition) is 2. The molecule has 0 heterocycles. The number of nitrogens with one attached hydrogen (secondary N) is 2. The molecule has 4 aromatic carbocycles. The van der Waals surface area contributed by atoms with Crippen molar-refractivity contribution in [2.45, 2.75) is 51.6 Å². The average molecular weight is 732 g/mol. The standard InChI is InChI=1S/2C21H21NO3.Cu/c2*1-2-3-13-22-18(14-9-5-4-6-10-14)17-19(23)15-11-7-8-12-16(15)20(24)21(17)25;/h2*4-12,18,22-23H,2-3,13H2,1H3;/q;;+2/p-2. The molecule has 2 atom stereocenters. The Morgan fingerprint density at radius 3 is 1.12 bits per heavy atom. The van der Waals surface area contributed by atoms with E-state index < -0.39 is 35.2 Å². The van der Waals surface area contributed by atoms with Gasteiger partial charge in [-0.25, -0.2) is 0 Å². The molecule has 2 aliphatic carbocycles. The van der Waals surface area contributed by atoms with Crippen molar-refractivity contribution in [3.63, 3.8) is 0 Å². The molecule has 2 unspecified atom stereocenters. The topological polar surface area (TPSA) is 138 Å². The minimum Gasteiger partial charge on any atom is -0.872 e. The van der Waals surface area contributed by atoms with Crippen LogP contribution in [0.5, 0.6) is 0 Å². The van der Waals surface area contributed by atoms with Gasteiger partial charge in [0.2, 0.25) is 23.1 Å². The van der Waals surface area contributed by atoms with Gasteiger partial charge in [0.25, 0.3) is 0 Å². The largest absolute Gasteiger partial charge is 2.00 e. The number of fused-ring (bicyclic) bond motifs is 2. The van der Waals surface area contributed by atoms with Gasteiger partial charge in [-0.2, -0.15) is 0 Å². The van der Waals surface area contributed by atoms with E-state index in [1.807, 2.05) is 60.7 Å². The van der Waals surface area contributed by atoms with Crippen LogP contribution in [0.3, 0.4) is 0 Å². The molecule has 2 N–H and O–H groups in total. The Balaban J connectivity index is 0.000000224. The number of hydrogen-bond acceptors (Lipinski definition) is 8. The zero-order chi connectivity index (χ0) is 35.6. The van der Waals surface area contributed by atoms with Crippen molar-refractivity contribution in [2.75, 3.05) is 13.1 Å². The van der Waals surface area contributed by atoms with E-state index in [1.54, 1.807) is 36.4 Å². The molecule has 51 heavy (non-hydrogen) atoms. The van der Waals surface area contributed by atoms with E-state index in [1.165, 1.54) is 12.1 Å². The van der Waals surface area contributed by atoms with E-state index >= 15 is 0 Å². The van der Waals surface area contributed by atoms with Gasteiger partial charge in [-0.05, 0) is 48.2 Å². The minimum absolute atomic E-state index is 0. The van der Waals surface area contributed by atoms with Crippen molar-refractivity contribution >= 4 is 34.7 Å². The van der Waals surface area contributed by atoms with Gasteiger partial charge in [0.05, 0.1) is 12.1 Å². The first-order chi connectivity index (χ1) is 24.3. The van der Waals surface area contributed by atoms with E-state index in [2.05, 4.69) is 24.5 Å². The van der Waals surface area contributed by atoms with Crippen molar-refractivity contribution in [3.8, 4) is 0 Å². The van der Waals surface area contributed by atoms with Gasteiger partial charge in [0, 0.05) is 22.3 Å². The summed E-state index contributed by atoms with van der Waals surface area (Å²) in [5.74, 6) is -3.36. The van der Waals surface area contributed by atoms with Crippen LogP contribution in [0.4, 0.5) is 0 Å². The molecule has 265 valence electrons. The molecule has 0 aromatic heterocycles. The number of ketones is 4. The molecule has 4 aromatic rings. The van der Waals surface area contributed by atoms with Gasteiger partial charge in [-0.15, -0.1) is 0 Å². The molecule has 9 heteroatoms. The van der Waals surface area contributed by atoms with Gasteiger partial charge in [0.1, 0.15) is 0 Å². The number of benzene rings is 4. The monoisotopic (exact) mass is 731 g/mol. The summed E-state index contributed by atoms with van der Waals surface area (Å²) >= 11 is 0. The van der Waals surface area contributed by atoms with Crippen molar-refractivity contribution < 1.29 is 46.5 Å². The normalized spacial score (nSPS) is 14.9. The maximum Gasteiger partial charge on any atom is 2.00 e. The zero-order valence-corrected chi connectivity index (χ0v) is 29.5. The fourth-order valence-electron chi connectivity index (χ4n) is 6.18. The Morgan fingerprint density at radius 2 is 0.784 bits per heavy atom. The quantitative estimate of drug-likeness (QED) is 0.114. The molecule has 0 spiro atoms. The second-order valence-electron chi connectivity index (χ2n) is 12.2. The average Bonchev–Trinajstić information content (AvgIpc) is 3.16. The van der Waals surface area contributed by atoms with Crippen molar-refractivity contribution in [1.82, 2.24) is 10.6 Å². The summed E-state index contributed by atoms with van der Waals surface area (Å²) in [5, 5.41) is 32.5. The second kappa shape index (κ2) is 18.4. The van der Waals surface area contributed by atoms with E-state index in [0.717, 1.165) is 36.8 Å². The first-order valence-electron chi connectivity index (χ1n) is 17.1. The Morgan fingerprint density at radius 1 is 0.471 bits per heavy atom. The van der Waals surface area contributed by atoms with Crippen LogP contribution in [0.1, 0.15) is 94.6 Å². The SMILES string of the molecule is CCCCNC(C1=C([O-])c2ccccc2C(=O)C1=O)c1ccccc1.CCCCNC(C1=C([O-])c2ccccc2C(=O)C1=O)c1ccccc1.[Cu+2]. The predicted molar refractivity (Wildman–Crippen MR) is 190 cm³/mol. The number of Topliss-reactive ketones (excluding diaryl/α,β-unsaturated/α-hetero) is 4. The van der Waals surface area contributed by atoms with Crippen LogP contribution >= 0.6 is 0 Å². The molecule has 0 saturated heterocycles. The van der Waals surface area contributed by atoms with Crippen LogP contribution in [0.25, 0.3) is 11.5 Å². The molecule has 0 saturated carbocycles. The van der Waals surface area contributed by atoms with Crippen molar-refractivity contribution in [2.24, 2.45) is 0 Å². The van der Waals surface area contributed by atoms with E-state index in [-0.39, 0.29) is 50.9 Å². The third kappa shape index (κ3) is 8.52. The number of unbranched alkanes of at least 4 members (excludes halogenated alkanes) is 2. The first-order valence-corrected chi connectivity index (χ1v) is 17.1. The zero-order valence-electron chi connectivity index (χ0n) is 28.5. The molecular formula is C42H40CuN2O6. The Bertz CT molecular complexity index is 1800. The molecular weight excluding hydrogens is 692 g/mol. The second-order valence-corrected chi connectivity index (χ2v) is 12.2. The van der Waals surface area contributed by atoms with Crippen LogP contribution in [0.2, 0.25) is 0 Å². The van der Waals surface area contributed by atoms with Crippen LogP contribution in [0, 0.1) is 0 Å². The molecule has 0 amide bonds. The first kappa shape index (κ1) is 38.9. The fourth-order valence-corrected chi connectivity index (χ4v) is 6.18.